The second-order valence-electron chi connectivity index (χ2n) is 8.29. The molecule has 3 N–H and O–H groups in total. The van der Waals surface area contributed by atoms with Crippen LogP contribution in [0.5, 0.6) is 17.4 Å². The Morgan fingerprint density at radius 1 is 1.16 bits per heavy atom. The lowest BCUT2D eigenvalue weighted by Crippen LogP contribution is -2.34. The van der Waals surface area contributed by atoms with Crippen molar-refractivity contribution in [3.05, 3.63) is 66.3 Å². The van der Waals surface area contributed by atoms with E-state index < -0.39 is 6.09 Å². The molecule has 2 aromatic carbocycles. The van der Waals surface area contributed by atoms with E-state index in [0.717, 1.165) is 18.7 Å². The molecule has 0 radical (unpaired) electrons. The maximum absolute atomic E-state index is 11.6. The van der Waals surface area contributed by atoms with Gasteiger partial charge in [-0.2, -0.15) is 4.98 Å². The van der Waals surface area contributed by atoms with Crippen molar-refractivity contribution in [1.82, 2.24) is 14.9 Å². The van der Waals surface area contributed by atoms with Crippen LogP contribution >= 0.6 is 11.6 Å². The molecule has 1 aliphatic heterocycles. The van der Waals surface area contributed by atoms with Crippen LogP contribution in [0, 0.1) is 0 Å². The number of nitrogens with zero attached hydrogens (tertiary/aromatic N) is 4. The SMILES string of the molecule is C=CC(=O)Nc1cccc(Oc2nc(Nc3ccc(N4CCCN(C(=O)O)CC4)cc3OC)ncc2Cl)c1. The topological polar surface area (TPSA) is 129 Å². The van der Waals surface area contributed by atoms with E-state index in [1.165, 1.54) is 17.2 Å². The third kappa shape index (κ3) is 6.62. The van der Waals surface area contributed by atoms with Crippen molar-refractivity contribution in [2.75, 3.05) is 48.8 Å². The molecular weight excluding hydrogens is 512 g/mol. The Morgan fingerprint density at radius 2 is 2.00 bits per heavy atom. The maximum Gasteiger partial charge on any atom is 0.407 e. The summed E-state index contributed by atoms with van der Waals surface area (Å²) in [5.41, 5.74) is 2.07. The molecule has 12 heteroatoms. The Kier molecular flexibility index (Phi) is 8.49. The van der Waals surface area contributed by atoms with Gasteiger partial charge in [-0.15, -0.1) is 0 Å². The zero-order valence-corrected chi connectivity index (χ0v) is 21.4. The standard InChI is InChI=1S/C26H27ClN6O5/c1-3-23(34)29-17-6-4-7-19(14-17)38-24-20(27)16-28-25(31-24)30-21-9-8-18(15-22(21)37-2)32-10-5-11-33(13-12-32)26(35)36/h3-4,6-9,14-16H,1,5,10-13H2,2H3,(H,29,34)(H,35,36)(H,28,30,31). The Bertz CT molecular complexity index is 1340. The summed E-state index contributed by atoms with van der Waals surface area (Å²) in [4.78, 5) is 35.1. The molecule has 1 fully saturated rings. The van der Waals surface area contributed by atoms with Crippen molar-refractivity contribution in [2.45, 2.75) is 6.42 Å². The van der Waals surface area contributed by atoms with E-state index in [-0.39, 0.29) is 22.8 Å². The van der Waals surface area contributed by atoms with Gasteiger partial charge in [-0.25, -0.2) is 9.78 Å². The number of hydrogen-bond donors (Lipinski definition) is 3. The van der Waals surface area contributed by atoms with Crippen LogP contribution in [0.15, 0.2) is 61.3 Å². The summed E-state index contributed by atoms with van der Waals surface area (Å²) in [7, 11) is 1.56. The fourth-order valence-electron chi connectivity index (χ4n) is 3.89. The molecule has 11 nitrogen and oxygen atoms in total. The number of nitrogens with one attached hydrogen (secondary N) is 2. The largest absolute Gasteiger partial charge is 0.494 e. The van der Waals surface area contributed by atoms with Crippen LogP contribution in [-0.4, -0.2) is 65.3 Å². The fraction of sp³-hybridized carbons (Fsp3) is 0.231. The number of hydrogen-bond acceptors (Lipinski definition) is 8. The summed E-state index contributed by atoms with van der Waals surface area (Å²) in [5.74, 6) is 0.998. The third-order valence-corrected chi connectivity index (χ3v) is 6.04. The Labute approximate surface area is 224 Å². The number of aromatic nitrogens is 2. The number of anilines is 4. The summed E-state index contributed by atoms with van der Waals surface area (Å²) >= 11 is 6.27. The van der Waals surface area contributed by atoms with Crippen molar-refractivity contribution in [1.29, 1.82) is 0 Å². The normalized spacial score (nSPS) is 13.3. The zero-order chi connectivity index (χ0) is 27.1. The predicted octanol–water partition coefficient (Wildman–Crippen LogP) is 4.99. The molecule has 1 aliphatic rings. The highest BCUT2D eigenvalue weighted by Crippen LogP contribution is 2.34. The fourth-order valence-corrected chi connectivity index (χ4v) is 4.02. The Hall–Kier alpha value is -4.51. The first-order chi connectivity index (χ1) is 18.4. The van der Waals surface area contributed by atoms with Gasteiger partial charge in [0, 0.05) is 49.7 Å². The highest BCUT2D eigenvalue weighted by atomic mass is 35.5. The first kappa shape index (κ1) is 26.6. The summed E-state index contributed by atoms with van der Waals surface area (Å²) in [6, 6.07) is 12.4. The lowest BCUT2D eigenvalue weighted by Gasteiger charge is -2.24. The molecule has 0 atom stereocenters. The molecule has 4 rings (SSSR count). The van der Waals surface area contributed by atoms with Crippen LogP contribution in [0.4, 0.5) is 27.8 Å². The van der Waals surface area contributed by atoms with Gasteiger partial charge in [0.15, 0.2) is 0 Å². The summed E-state index contributed by atoms with van der Waals surface area (Å²) < 4.78 is 11.4. The minimum atomic E-state index is -0.901. The van der Waals surface area contributed by atoms with Gasteiger partial charge in [0.2, 0.25) is 17.7 Å². The number of halogens is 1. The van der Waals surface area contributed by atoms with Gasteiger partial charge in [0.05, 0.1) is 19.0 Å². The van der Waals surface area contributed by atoms with E-state index in [2.05, 4.69) is 32.1 Å². The molecule has 0 bridgehead atoms. The molecule has 0 spiro atoms. The zero-order valence-electron chi connectivity index (χ0n) is 20.7. The van der Waals surface area contributed by atoms with Gasteiger partial charge in [-0.3, -0.25) is 4.79 Å². The maximum atomic E-state index is 11.6. The number of carboxylic acid groups (broad SMARTS) is 1. The number of methoxy groups -OCH3 is 1. The van der Waals surface area contributed by atoms with Gasteiger partial charge in [0.25, 0.3) is 0 Å². The first-order valence-corrected chi connectivity index (χ1v) is 12.2. The number of ether oxygens (including phenoxy) is 2. The van der Waals surface area contributed by atoms with Crippen molar-refractivity contribution in [3.63, 3.8) is 0 Å². The van der Waals surface area contributed by atoms with Crippen molar-refractivity contribution in [3.8, 4) is 17.4 Å². The number of benzene rings is 2. The molecule has 0 aliphatic carbocycles. The smallest absolute Gasteiger partial charge is 0.407 e. The summed E-state index contributed by atoms with van der Waals surface area (Å²) in [6.45, 7) is 5.70. The molecule has 2 amide bonds. The van der Waals surface area contributed by atoms with Crippen molar-refractivity contribution in [2.24, 2.45) is 0 Å². The highest BCUT2D eigenvalue weighted by molar-refractivity contribution is 6.31. The quantitative estimate of drug-likeness (QED) is 0.340. The van der Waals surface area contributed by atoms with E-state index >= 15 is 0 Å². The van der Waals surface area contributed by atoms with E-state index in [1.54, 1.807) is 31.4 Å². The van der Waals surface area contributed by atoms with Gasteiger partial charge in [-0.1, -0.05) is 24.2 Å². The van der Waals surface area contributed by atoms with Gasteiger partial charge >= 0.3 is 6.09 Å². The average molecular weight is 539 g/mol. The van der Waals surface area contributed by atoms with E-state index in [4.69, 9.17) is 21.1 Å². The van der Waals surface area contributed by atoms with Crippen molar-refractivity contribution >= 4 is 46.6 Å². The first-order valence-electron chi connectivity index (χ1n) is 11.8. The van der Waals surface area contributed by atoms with Crippen LogP contribution in [-0.2, 0) is 4.79 Å². The average Bonchev–Trinajstić information content (AvgIpc) is 3.18. The van der Waals surface area contributed by atoms with Gasteiger partial charge in [-0.05, 0) is 36.8 Å². The number of amides is 2. The predicted molar refractivity (Wildman–Crippen MR) is 145 cm³/mol. The molecule has 1 aromatic heterocycles. The molecule has 1 saturated heterocycles. The molecule has 198 valence electrons. The lowest BCUT2D eigenvalue weighted by molar-refractivity contribution is -0.111. The molecule has 0 saturated carbocycles. The Balaban J connectivity index is 1.49. The van der Waals surface area contributed by atoms with Gasteiger partial charge < -0.3 is 35.0 Å². The molecule has 0 unspecified atom stereocenters. The minimum Gasteiger partial charge on any atom is -0.494 e. The van der Waals surface area contributed by atoms with Crippen LogP contribution in [0.25, 0.3) is 0 Å². The Morgan fingerprint density at radius 3 is 2.76 bits per heavy atom. The third-order valence-electron chi connectivity index (χ3n) is 5.78. The van der Waals surface area contributed by atoms with Crippen molar-refractivity contribution < 1.29 is 24.2 Å². The van der Waals surface area contributed by atoms with E-state index in [0.29, 0.717) is 42.5 Å². The number of carbonyl (C=O) groups is 2. The summed E-state index contributed by atoms with van der Waals surface area (Å²) in [6.07, 6.45) is 2.43. The van der Waals surface area contributed by atoms with Crippen LogP contribution in [0.3, 0.4) is 0 Å². The molecule has 38 heavy (non-hydrogen) atoms. The van der Waals surface area contributed by atoms with Crippen LogP contribution in [0.1, 0.15) is 6.42 Å². The minimum absolute atomic E-state index is 0.125. The van der Waals surface area contributed by atoms with Crippen LogP contribution < -0.4 is 25.0 Å². The van der Waals surface area contributed by atoms with Gasteiger partial charge in [0.1, 0.15) is 16.5 Å². The summed E-state index contributed by atoms with van der Waals surface area (Å²) in [5, 5.41) is 15.3. The van der Waals surface area contributed by atoms with E-state index in [9.17, 15) is 14.7 Å². The van der Waals surface area contributed by atoms with Crippen LogP contribution in [0.2, 0.25) is 5.02 Å². The second kappa shape index (κ2) is 12.2. The molecule has 2 heterocycles. The monoisotopic (exact) mass is 538 g/mol. The molecular formula is C26H27ClN6O5. The number of rotatable bonds is 8. The van der Waals surface area contributed by atoms with E-state index in [1.807, 2.05) is 18.2 Å². The number of carbonyl (C=O) groups excluding carboxylic acids is 1. The highest BCUT2D eigenvalue weighted by Gasteiger charge is 2.19. The molecule has 3 aromatic rings. The lowest BCUT2D eigenvalue weighted by atomic mass is 10.2. The second-order valence-corrected chi connectivity index (χ2v) is 8.70.